The molecule has 104 valence electrons. The van der Waals surface area contributed by atoms with E-state index < -0.39 is 0 Å². The molecule has 0 amide bonds. The number of hydrogen-bond acceptors (Lipinski definition) is 3. The van der Waals surface area contributed by atoms with Gasteiger partial charge in [-0.25, -0.2) is 0 Å². The van der Waals surface area contributed by atoms with Crippen molar-refractivity contribution in [2.75, 3.05) is 0 Å². The van der Waals surface area contributed by atoms with Gasteiger partial charge in [0.2, 0.25) is 0 Å². The molecule has 0 aliphatic rings. The molecule has 0 radical (unpaired) electrons. The van der Waals surface area contributed by atoms with Gasteiger partial charge in [0.05, 0.1) is 5.02 Å². The molecule has 0 saturated heterocycles. The van der Waals surface area contributed by atoms with Crippen molar-refractivity contribution < 1.29 is 9.94 Å². The molecule has 6 heteroatoms. The first-order chi connectivity index (χ1) is 9.51. The number of amidine groups is 1. The van der Waals surface area contributed by atoms with Crippen molar-refractivity contribution in [3.63, 3.8) is 0 Å². The molecule has 3 N–H and O–H groups in total. The lowest BCUT2D eigenvalue weighted by Gasteiger charge is -2.10. The second kappa shape index (κ2) is 6.03. The van der Waals surface area contributed by atoms with Crippen molar-refractivity contribution in [3.05, 3.63) is 57.6 Å². The Balaban J connectivity index is 2.31. The summed E-state index contributed by atoms with van der Waals surface area (Å²) < 4.78 is 5.73. The fourth-order valence-corrected chi connectivity index (χ4v) is 2.06. The second-order valence-electron chi connectivity index (χ2n) is 4.14. The van der Waals surface area contributed by atoms with Gasteiger partial charge < -0.3 is 15.7 Å². The van der Waals surface area contributed by atoms with Gasteiger partial charge in [-0.2, -0.15) is 0 Å². The molecule has 2 aromatic rings. The van der Waals surface area contributed by atoms with Crippen LogP contribution in [0.3, 0.4) is 0 Å². The van der Waals surface area contributed by atoms with Gasteiger partial charge in [-0.1, -0.05) is 34.4 Å². The zero-order valence-corrected chi connectivity index (χ0v) is 12.1. The number of benzene rings is 2. The third-order valence-corrected chi connectivity index (χ3v) is 3.25. The molecule has 2 rings (SSSR count). The summed E-state index contributed by atoms with van der Waals surface area (Å²) in [5.41, 5.74) is 6.88. The second-order valence-corrected chi connectivity index (χ2v) is 4.98. The molecule has 20 heavy (non-hydrogen) atoms. The highest BCUT2D eigenvalue weighted by atomic mass is 35.5. The number of nitrogens with zero attached hydrogens (tertiary/aromatic N) is 1. The Labute approximate surface area is 126 Å². The van der Waals surface area contributed by atoms with Crippen LogP contribution in [-0.2, 0) is 0 Å². The van der Waals surface area contributed by atoms with E-state index in [0.717, 1.165) is 5.56 Å². The topological polar surface area (TPSA) is 67.8 Å². The average molecular weight is 311 g/mol. The van der Waals surface area contributed by atoms with Gasteiger partial charge in [0, 0.05) is 16.7 Å². The zero-order chi connectivity index (χ0) is 14.7. The predicted molar refractivity (Wildman–Crippen MR) is 80.2 cm³/mol. The van der Waals surface area contributed by atoms with Crippen molar-refractivity contribution in [1.82, 2.24) is 0 Å². The average Bonchev–Trinajstić information content (AvgIpc) is 2.42. The van der Waals surface area contributed by atoms with E-state index in [1.807, 2.05) is 13.0 Å². The van der Waals surface area contributed by atoms with Crippen molar-refractivity contribution in [2.45, 2.75) is 6.92 Å². The first-order valence-corrected chi connectivity index (χ1v) is 6.48. The molecule has 0 aliphatic heterocycles. The molecule has 0 spiro atoms. The van der Waals surface area contributed by atoms with E-state index in [1.54, 1.807) is 30.3 Å². The maximum Gasteiger partial charge on any atom is 0.171 e. The predicted octanol–water partition coefficient (Wildman–Crippen LogP) is 4.19. The van der Waals surface area contributed by atoms with Gasteiger partial charge in [-0.3, -0.25) is 0 Å². The van der Waals surface area contributed by atoms with Gasteiger partial charge in [-0.15, -0.1) is 0 Å². The summed E-state index contributed by atoms with van der Waals surface area (Å²) in [5.74, 6) is 1.13. The minimum absolute atomic E-state index is 0.0551. The van der Waals surface area contributed by atoms with Crippen LogP contribution in [0.25, 0.3) is 0 Å². The Morgan fingerprint density at radius 3 is 2.60 bits per heavy atom. The number of rotatable bonds is 3. The summed E-state index contributed by atoms with van der Waals surface area (Å²) in [5, 5.41) is 12.5. The molecule has 0 atom stereocenters. The van der Waals surface area contributed by atoms with Crippen LogP contribution in [0.4, 0.5) is 0 Å². The standard InChI is InChI=1S/C14H12Cl2N2O2/c1-8-2-3-9(15)6-13(8)20-10-4-5-11(12(16)7-10)14(17)18-19/h2-7,19H,1H3,(H2,17,18). The van der Waals surface area contributed by atoms with E-state index in [0.29, 0.717) is 27.1 Å². The Kier molecular flexibility index (Phi) is 4.37. The molecule has 0 aromatic heterocycles. The van der Waals surface area contributed by atoms with Crippen molar-refractivity contribution in [3.8, 4) is 11.5 Å². The maximum atomic E-state index is 8.64. The lowest BCUT2D eigenvalue weighted by atomic mass is 10.2. The van der Waals surface area contributed by atoms with E-state index in [1.165, 1.54) is 0 Å². The van der Waals surface area contributed by atoms with Crippen molar-refractivity contribution in [1.29, 1.82) is 0 Å². The minimum atomic E-state index is -0.0551. The highest BCUT2D eigenvalue weighted by molar-refractivity contribution is 6.34. The lowest BCUT2D eigenvalue weighted by Crippen LogP contribution is -2.13. The fourth-order valence-electron chi connectivity index (χ4n) is 1.63. The zero-order valence-electron chi connectivity index (χ0n) is 10.6. The number of ether oxygens (including phenoxy) is 1. The molecule has 4 nitrogen and oxygen atoms in total. The molecular formula is C14H12Cl2N2O2. The van der Waals surface area contributed by atoms with Crippen LogP contribution in [0.15, 0.2) is 41.6 Å². The van der Waals surface area contributed by atoms with Crippen LogP contribution < -0.4 is 10.5 Å². The van der Waals surface area contributed by atoms with E-state index in [4.69, 9.17) is 38.9 Å². The molecule has 2 aromatic carbocycles. The molecule has 0 saturated carbocycles. The maximum absolute atomic E-state index is 8.64. The summed E-state index contributed by atoms with van der Waals surface area (Å²) in [6.07, 6.45) is 0. The van der Waals surface area contributed by atoms with Crippen LogP contribution in [-0.4, -0.2) is 11.0 Å². The fraction of sp³-hybridized carbons (Fsp3) is 0.0714. The number of nitrogens with two attached hydrogens (primary N) is 1. The quantitative estimate of drug-likeness (QED) is 0.386. The van der Waals surface area contributed by atoms with Crippen LogP contribution >= 0.6 is 23.2 Å². The SMILES string of the molecule is Cc1ccc(Cl)cc1Oc1ccc(C(N)=NO)c(Cl)c1. The summed E-state index contributed by atoms with van der Waals surface area (Å²) in [6, 6.07) is 10.3. The van der Waals surface area contributed by atoms with Crippen LogP contribution in [0.1, 0.15) is 11.1 Å². The molecule has 0 unspecified atom stereocenters. The van der Waals surface area contributed by atoms with Gasteiger partial charge in [0.1, 0.15) is 11.5 Å². The Hall–Kier alpha value is -1.91. The molecule has 0 fully saturated rings. The number of oxime groups is 1. The molecule has 0 heterocycles. The van der Waals surface area contributed by atoms with E-state index in [2.05, 4.69) is 5.16 Å². The van der Waals surface area contributed by atoms with E-state index in [9.17, 15) is 0 Å². The third-order valence-electron chi connectivity index (χ3n) is 2.70. The van der Waals surface area contributed by atoms with Crippen LogP contribution in [0, 0.1) is 6.92 Å². The summed E-state index contributed by atoms with van der Waals surface area (Å²) in [6.45, 7) is 1.91. The van der Waals surface area contributed by atoms with Gasteiger partial charge in [0.15, 0.2) is 5.84 Å². The van der Waals surface area contributed by atoms with E-state index in [-0.39, 0.29) is 5.84 Å². The highest BCUT2D eigenvalue weighted by Gasteiger charge is 2.08. The molecule has 0 aliphatic carbocycles. The normalized spacial score (nSPS) is 11.4. The van der Waals surface area contributed by atoms with Crippen molar-refractivity contribution >= 4 is 29.0 Å². The minimum Gasteiger partial charge on any atom is -0.457 e. The smallest absolute Gasteiger partial charge is 0.171 e. The highest BCUT2D eigenvalue weighted by Crippen LogP contribution is 2.30. The number of hydrogen-bond donors (Lipinski definition) is 2. The van der Waals surface area contributed by atoms with E-state index >= 15 is 0 Å². The Bertz CT molecular complexity index is 672. The summed E-state index contributed by atoms with van der Waals surface area (Å²) >= 11 is 12.0. The van der Waals surface area contributed by atoms with Crippen molar-refractivity contribution in [2.24, 2.45) is 10.9 Å². The number of halogens is 2. The number of aryl methyl sites for hydroxylation is 1. The first kappa shape index (κ1) is 14.5. The molecular weight excluding hydrogens is 299 g/mol. The Morgan fingerprint density at radius 2 is 1.95 bits per heavy atom. The summed E-state index contributed by atoms with van der Waals surface area (Å²) in [7, 11) is 0. The first-order valence-electron chi connectivity index (χ1n) is 5.72. The van der Waals surface area contributed by atoms with Crippen LogP contribution in [0.2, 0.25) is 10.0 Å². The third kappa shape index (κ3) is 3.15. The summed E-state index contributed by atoms with van der Waals surface area (Å²) in [4.78, 5) is 0. The lowest BCUT2D eigenvalue weighted by molar-refractivity contribution is 0.318. The van der Waals surface area contributed by atoms with Gasteiger partial charge >= 0.3 is 0 Å². The Morgan fingerprint density at radius 1 is 1.20 bits per heavy atom. The van der Waals surface area contributed by atoms with Crippen LogP contribution in [0.5, 0.6) is 11.5 Å². The van der Waals surface area contributed by atoms with Gasteiger partial charge in [-0.05, 0) is 36.8 Å². The monoisotopic (exact) mass is 310 g/mol. The largest absolute Gasteiger partial charge is 0.457 e. The molecule has 0 bridgehead atoms. The van der Waals surface area contributed by atoms with Gasteiger partial charge in [0.25, 0.3) is 0 Å².